The quantitative estimate of drug-likeness (QED) is 0.816. The molecule has 0 bridgehead atoms. The molecule has 2 aliphatic rings. The van der Waals surface area contributed by atoms with Crippen molar-refractivity contribution in [2.45, 2.75) is 18.6 Å². The van der Waals surface area contributed by atoms with Crippen LogP contribution in [0, 0.1) is 5.82 Å². The fourth-order valence-corrected chi connectivity index (χ4v) is 3.30. The molecule has 146 valence electrons. The summed E-state index contributed by atoms with van der Waals surface area (Å²) in [5.41, 5.74) is 4.25. The van der Waals surface area contributed by atoms with Gasteiger partial charge in [-0.2, -0.15) is 5.10 Å². The van der Waals surface area contributed by atoms with Crippen LogP contribution in [0.2, 0.25) is 5.02 Å². The van der Waals surface area contributed by atoms with Crippen LogP contribution in [0.1, 0.15) is 23.7 Å². The lowest BCUT2D eigenvalue weighted by atomic mass is 10.0. The van der Waals surface area contributed by atoms with E-state index in [0.29, 0.717) is 42.4 Å². The van der Waals surface area contributed by atoms with Crippen LogP contribution in [0.25, 0.3) is 0 Å². The number of aromatic nitrogens is 1. The van der Waals surface area contributed by atoms with Gasteiger partial charge >= 0.3 is 0 Å². The number of benzene rings is 1. The number of hydrazone groups is 1. The molecule has 9 heteroatoms. The molecule has 1 amide bonds. The van der Waals surface area contributed by atoms with Crippen LogP contribution in [0.3, 0.4) is 0 Å². The highest BCUT2D eigenvalue weighted by Gasteiger charge is 2.30. The molecule has 0 saturated carbocycles. The number of carbonyl (C=O) groups is 1. The van der Waals surface area contributed by atoms with Crippen molar-refractivity contribution in [1.82, 2.24) is 15.7 Å². The highest BCUT2D eigenvalue weighted by atomic mass is 35.5. The lowest BCUT2D eigenvalue weighted by Crippen LogP contribution is -2.35. The SMILES string of the molecule is O=C1CC(c2cccnc2O[C@@H]2CNCCO[C@H]2c2ccc(Cl)c(F)c2)=NN1. The molecule has 0 spiro atoms. The third-order valence-electron chi connectivity index (χ3n) is 4.52. The number of halogens is 2. The van der Waals surface area contributed by atoms with Gasteiger partial charge in [-0.25, -0.2) is 14.8 Å². The van der Waals surface area contributed by atoms with Gasteiger partial charge in [0.15, 0.2) is 0 Å². The molecule has 2 aromatic rings. The number of amides is 1. The van der Waals surface area contributed by atoms with Crippen LogP contribution < -0.4 is 15.5 Å². The van der Waals surface area contributed by atoms with Gasteiger partial charge in [0.25, 0.3) is 0 Å². The van der Waals surface area contributed by atoms with Crippen molar-refractivity contribution in [3.63, 3.8) is 0 Å². The third-order valence-corrected chi connectivity index (χ3v) is 4.83. The molecule has 3 heterocycles. The van der Waals surface area contributed by atoms with Crippen molar-refractivity contribution >= 4 is 23.2 Å². The number of nitrogens with one attached hydrogen (secondary N) is 2. The minimum absolute atomic E-state index is 0.0522. The summed E-state index contributed by atoms with van der Waals surface area (Å²) in [5, 5.41) is 7.34. The second kappa shape index (κ2) is 8.22. The molecule has 0 unspecified atom stereocenters. The summed E-state index contributed by atoms with van der Waals surface area (Å²) in [6, 6.07) is 8.13. The van der Waals surface area contributed by atoms with E-state index in [4.69, 9.17) is 21.1 Å². The summed E-state index contributed by atoms with van der Waals surface area (Å²) in [6.07, 6.45) is 0.781. The number of hydrogen-bond donors (Lipinski definition) is 2. The van der Waals surface area contributed by atoms with Gasteiger partial charge in [0.1, 0.15) is 18.0 Å². The average Bonchev–Trinajstić information content (AvgIpc) is 2.99. The zero-order chi connectivity index (χ0) is 19.5. The summed E-state index contributed by atoms with van der Waals surface area (Å²) in [5.74, 6) is -0.351. The smallest absolute Gasteiger partial charge is 0.246 e. The summed E-state index contributed by atoms with van der Waals surface area (Å²) < 4.78 is 26.1. The average molecular weight is 405 g/mol. The molecule has 1 fully saturated rings. The molecule has 28 heavy (non-hydrogen) atoms. The van der Waals surface area contributed by atoms with Crippen molar-refractivity contribution in [2.75, 3.05) is 19.7 Å². The predicted octanol–water partition coefficient (Wildman–Crippen LogP) is 2.21. The first kappa shape index (κ1) is 18.8. The van der Waals surface area contributed by atoms with Gasteiger partial charge in [-0.1, -0.05) is 17.7 Å². The summed E-state index contributed by atoms with van der Waals surface area (Å²) >= 11 is 5.81. The topological polar surface area (TPSA) is 84.8 Å². The predicted molar refractivity (Wildman–Crippen MR) is 101 cm³/mol. The minimum atomic E-state index is -0.512. The Morgan fingerprint density at radius 1 is 1.32 bits per heavy atom. The van der Waals surface area contributed by atoms with Crippen LogP contribution in [0.4, 0.5) is 4.39 Å². The number of pyridine rings is 1. The van der Waals surface area contributed by atoms with Gasteiger partial charge in [-0.3, -0.25) is 4.79 Å². The number of rotatable bonds is 4. The molecular weight excluding hydrogens is 387 g/mol. The highest BCUT2D eigenvalue weighted by Crippen LogP contribution is 2.30. The highest BCUT2D eigenvalue weighted by molar-refractivity contribution is 6.30. The van der Waals surface area contributed by atoms with Crippen LogP contribution in [-0.2, 0) is 9.53 Å². The lowest BCUT2D eigenvalue weighted by Gasteiger charge is -2.26. The van der Waals surface area contributed by atoms with E-state index in [1.54, 1.807) is 24.4 Å². The van der Waals surface area contributed by atoms with Crippen molar-refractivity contribution < 1.29 is 18.7 Å². The Balaban J connectivity index is 1.63. The van der Waals surface area contributed by atoms with E-state index in [9.17, 15) is 9.18 Å². The first-order valence-corrected chi connectivity index (χ1v) is 9.24. The van der Waals surface area contributed by atoms with Gasteiger partial charge < -0.3 is 14.8 Å². The van der Waals surface area contributed by atoms with Crippen molar-refractivity contribution in [3.8, 4) is 5.88 Å². The van der Waals surface area contributed by atoms with Crippen molar-refractivity contribution in [1.29, 1.82) is 0 Å². The van der Waals surface area contributed by atoms with Gasteiger partial charge in [0, 0.05) is 19.3 Å². The number of ether oxygens (including phenoxy) is 2. The summed E-state index contributed by atoms with van der Waals surface area (Å²) in [4.78, 5) is 15.8. The second-order valence-corrected chi connectivity index (χ2v) is 6.86. The molecule has 1 saturated heterocycles. The zero-order valence-corrected chi connectivity index (χ0v) is 15.6. The first-order valence-electron chi connectivity index (χ1n) is 8.86. The second-order valence-electron chi connectivity index (χ2n) is 6.45. The normalized spacial score (nSPS) is 22.4. The molecule has 0 aliphatic carbocycles. The number of hydrogen-bond acceptors (Lipinski definition) is 6. The van der Waals surface area contributed by atoms with E-state index in [-0.39, 0.29) is 17.4 Å². The maximum absolute atomic E-state index is 14.0. The van der Waals surface area contributed by atoms with Gasteiger partial charge in [-0.05, 0) is 29.8 Å². The van der Waals surface area contributed by atoms with Crippen molar-refractivity contribution in [2.24, 2.45) is 5.10 Å². The monoisotopic (exact) mass is 404 g/mol. The Morgan fingerprint density at radius 2 is 2.21 bits per heavy atom. The largest absolute Gasteiger partial charge is 0.469 e. The van der Waals surface area contributed by atoms with E-state index in [1.807, 2.05) is 0 Å². The summed E-state index contributed by atoms with van der Waals surface area (Å²) in [7, 11) is 0. The van der Waals surface area contributed by atoms with Gasteiger partial charge in [0.2, 0.25) is 11.8 Å². The fourth-order valence-electron chi connectivity index (χ4n) is 3.18. The molecule has 2 N–H and O–H groups in total. The Hall–Kier alpha value is -2.55. The standard InChI is InChI=1S/C19H18ClFN4O3/c20-13-4-3-11(8-14(13)21)18-16(10-22-6-7-27-18)28-19-12(2-1-5-23-19)15-9-17(26)25-24-15/h1-5,8,16,18,22H,6-7,9-10H2,(H,25,26)/t16-,18+/m1/s1. The van der Waals surface area contributed by atoms with Crippen LogP contribution in [0.5, 0.6) is 5.88 Å². The van der Waals surface area contributed by atoms with Crippen molar-refractivity contribution in [3.05, 3.63) is 58.5 Å². The Bertz CT molecular complexity index is 924. The Kier molecular flexibility index (Phi) is 5.52. The van der Waals surface area contributed by atoms with E-state index in [2.05, 4.69) is 20.8 Å². The number of carbonyl (C=O) groups excluding carboxylic acids is 1. The molecule has 0 radical (unpaired) electrons. The maximum Gasteiger partial charge on any atom is 0.246 e. The minimum Gasteiger partial charge on any atom is -0.469 e. The molecule has 7 nitrogen and oxygen atoms in total. The Labute approximate surface area is 165 Å². The molecule has 1 aromatic carbocycles. The molecular formula is C19H18ClFN4O3. The molecule has 4 rings (SSSR count). The zero-order valence-electron chi connectivity index (χ0n) is 14.8. The maximum atomic E-state index is 14.0. The van der Waals surface area contributed by atoms with Crippen LogP contribution >= 0.6 is 11.6 Å². The van der Waals surface area contributed by atoms with Crippen LogP contribution in [0.15, 0.2) is 41.6 Å². The van der Waals surface area contributed by atoms with E-state index >= 15 is 0 Å². The summed E-state index contributed by atoms with van der Waals surface area (Å²) in [6.45, 7) is 1.58. The van der Waals surface area contributed by atoms with Crippen LogP contribution in [-0.4, -0.2) is 42.4 Å². The molecule has 2 aliphatic heterocycles. The Morgan fingerprint density at radius 3 is 3.00 bits per heavy atom. The first-order chi connectivity index (χ1) is 13.6. The van der Waals surface area contributed by atoms with Gasteiger partial charge in [0.05, 0.1) is 29.3 Å². The van der Waals surface area contributed by atoms with E-state index in [0.717, 1.165) is 0 Å². The van der Waals surface area contributed by atoms with E-state index in [1.165, 1.54) is 12.1 Å². The van der Waals surface area contributed by atoms with Gasteiger partial charge in [-0.15, -0.1) is 0 Å². The third kappa shape index (κ3) is 3.99. The lowest BCUT2D eigenvalue weighted by molar-refractivity contribution is -0.119. The van der Waals surface area contributed by atoms with E-state index < -0.39 is 18.0 Å². The molecule has 1 aromatic heterocycles. The number of nitrogens with zero attached hydrogens (tertiary/aromatic N) is 2. The molecule has 2 atom stereocenters. The fraction of sp³-hybridized carbons (Fsp3) is 0.316.